The molecule has 5 nitrogen and oxygen atoms in total. The number of anilines is 2. The number of amides is 2. The number of carbonyl (C=O) groups is 2. The molecule has 5 heteroatoms. The van der Waals surface area contributed by atoms with Gasteiger partial charge in [-0.15, -0.1) is 0 Å². The van der Waals surface area contributed by atoms with Gasteiger partial charge in [-0.2, -0.15) is 0 Å². The summed E-state index contributed by atoms with van der Waals surface area (Å²) >= 11 is 0. The molecule has 0 bridgehead atoms. The van der Waals surface area contributed by atoms with Crippen molar-refractivity contribution in [3.8, 4) is 5.75 Å². The van der Waals surface area contributed by atoms with Crippen LogP contribution in [0.1, 0.15) is 28.8 Å². The zero-order chi connectivity index (χ0) is 20.8. The molecule has 0 fully saturated rings. The Morgan fingerprint density at radius 3 is 2.40 bits per heavy atom. The smallest absolute Gasteiger partial charge is 0.262 e. The quantitative estimate of drug-likeness (QED) is 0.676. The van der Waals surface area contributed by atoms with Gasteiger partial charge >= 0.3 is 0 Å². The predicted molar refractivity (Wildman–Crippen MR) is 118 cm³/mol. The number of nitrogens with zero attached hydrogens (tertiary/aromatic N) is 1. The van der Waals surface area contributed by atoms with Crippen molar-refractivity contribution in [1.29, 1.82) is 0 Å². The monoisotopic (exact) mass is 400 g/mol. The Labute approximate surface area is 176 Å². The molecule has 1 N–H and O–H groups in total. The molecule has 2 amide bonds. The number of rotatable bonds is 5. The number of aryl methyl sites for hydroxylation is 1. The molecule has 0 spiro atoms. The molecule has 0 saturated carbocycles. The molecule has 3 aromatic carbocycles. The number of hydrogen-bond acceptors (Lipinski definition) is 3. The second kappa shape index (κ2) is 9.27. The van der Waals surface area contributed by atoms with Crippen molar-refractivity contribution in [2.45, 2.75) is 19.3 Å². The normalized spacial score (nSPS) is 13.1. The highest BCUT2D eigenvalue weighted by atomic mass is 16.5. The van der Waals surface area contributed by atoms with E-state index in [2.05, 4.69) is 11.4 Å². The SMILES string of the molecule is O=C(COc1ccccc1)Nc1ccc(C(=O)N2CCCCc3ccccc32)cc1. The fourth-order valence-corrected chi connectivity index (χ4v) is 3.62. The summed E-state index contributed by atoms with van der Waals surface area (Å²) in [5, 5.41) is 2.79. The average Bonchev–Trinajstić information content (AvgIpc) is 3.01. The summed E-state index contributed by atoms with van der Waals surface area (Å²) in [6.45, 7) is 0.639. The standard InChI is InChI=1S/C25H24N2O3/c28-24(18-30-22-10-2-1-3-11-22)26-21-15-13-20(14-16-21)25(29)27-17-7-6-9-19-8-4-5-12-23(19)27/h1-5,8,10-16H,6-7,9,17-18H2,(H,26,28). The van der Waals surface area contributed by atoms with Crippen molar-refractivity contribution in [3.63, 3.8) is 0 Å². The van der Waals surface area contributed by atoms with Gasteiger partial charge in [0.2, 0.25) is 0 Å². The van der Waals surface area contributed by atoms with E-state index < -0.39 is 0 Å². The largest absolute Gasteiger partial charge is 0.484 e. The van der Waals surface area contributed by atoms with E-state index in [1.807, 2.05) is 41.3 Å². The van der Waals surface area contributed by atoms with E-state index in [-0.39, 0.29) is 18.4 Å². The third kappa shape index (κ3) is 4.69. The van der Waals surface area contributed by atoms with Crippen LogP contribution in [-0.2, 0) is 11.2 Å². The Morgan fingerprint density at radius 1 is 0.867 bits per heavy atom. The number of benzene rings is 3. The summed E-state index contributed by atoms with van der Waals surface area (Å²) < 4.78 is 5.45. The van der Waals surface area contributed by atoms with Gasteiger partial charge in [-0.05, 0) is 67.3 Å². The molecule has 0 unspecified atom stereocenters. The van der Waals surface area contributed by atoms with E-state index in [1.165, 1.54) is 5.56 Å². The molecule has 1 heterocycles. The van der Waals surface area contributed by atoms with Crippen molar-refractivity contribution in [2.24, 2.45) is 0 Å². The molecule has 1 aliphatic heterocycles. The number of hydrogen-bond donors (Lipinski definition) is 1. The lowest BCUT2D eigenvalue weighted by Crippen LogP contribution is -2.31. The summed E-state index contributed by atoms with van der Waals surface area (Å²) in [4.78, 5) is 27.1. The van der Waals surface area contributed by atoms with Crippen LogP contribution in [0.25, 0.3) is 0 Å². The van der Waals surface area contributed by atoms with Crippen LogP contribution in [0.5, 0.6) is 5.75 Å². The van der Waals surface area contributed by atoms with E-state index in [9.17, 15) is 9.59 Å². The van der Waals surface area contributed by atoms with Crippen LogP contribution in [-0.4, -0.2) is 25.0 Å². The van der Waals surface area contributed by atoms with Crippen LogP contribution in [0.2, 0.25) is 0 Å². The molecule has 1 aliphatic rings. The van der Waals surface area contributed by atoms with Crippen LogP contribution >= 0.6 is 0 Å². The molecule has 3 aromatic rings. The molecule has 0 radical (unpaired) electrons. The van der Waals surface area contributed by atoms with Gasteiger partial charge < -0.3 is 15.0 Å². The van der Waals surface area contributed by atoms with Crippen molar-refractivity contribution >= 4 is 23.2 Å². The summed E-state index contributed by atoms with van der Waals surface area (Å²) in [5.41, 5.74) is 3.44. The second-order valence-electron chi connectivity index (χ2n) is 7.27. The van der Waals surface area contributed by atoms with Gasteiger partial charge in [0.15, 0.2) is 6.61 Å². The molecule has 0 atom stereocenters. The maximum Gasteiger partial charge on any atom is 0.262 e. The minimum absolute atomic E-state index is 0.0189. The van der Waals surface area contributed by atoms with Gasteiger partial charge in [0, 0.05) is 23.5 Å². The highest BCUT2D eigenvalue weighted by Crippen LogP contribution is 2.27. The number of fused-ring (bicyclic) bond motifs is 1. The first-order valence-electron chi connectivity index (χ1n) is 10.2. The molecular formula is C25H24N2O3. The lowest BCUT2D eigenvalue weighted by Gasteiger charge is -2.23. The fourth-order valence-electron chi connectivity index (χ4n) is 3.62. The Morgan fingerprint density at radius 2 is 1.60 bits per heavy atom. The summed E-state index contributed by atoms with van der Waals surface area (Å²) in [6, 6.07) is 24.3. The Hall–Kier alpha value is -3.60. The highest BCUT2D eigenvalue weighted by Gasteiger charge is 2.22. The van der Waals surface area contributed by atoms with Gasteiger partial charge in [0.25, 0.3) is 11.8 Å². The Balaban J connectivity index is 1.39. The van der Waals surface area contributed by atoms with Crippen molar-refractivity contribution in [2.75, 3.05) is 23.4 Å². The van der Waals surface area contributed by atoms with Crippen LogP contribution in [0.3, 0.4) is 0 Å². The maximum absolute atomic E-state index is 13.1. The summed E-state index contributed by atoms with van der Waals surface area (Å²) in [6.07, 6.45) is 3.06. The molecule has 0 saturated heterocycles. The van der Waals surface area contributed by atoms with Gasteiger partial charge in [-0.25, -0.2) is 0 Å². The highest BCUT2D eigenvalue weighted by molar-refractivity contribution is 6.07. The van der Waals surface area contributed by atoms with E-state index >= 15 is 0 Å². The van der Waals surface area contributed by atoms with E-state index in [0.717, 1.165) is 24.9 Å². The van der Waals surface area contributed by atoms with Gasteiger partial charge in [-0.3, -0.25) is 9.59 Å². The minimum Gasteiger partial charge on any atom is -0.484 e. The third-order valence-corrected chi connectivity index (χ3v) is 5.13. The third-order valence-electron chi connectivity index (χ3n) is 5.13. The Kier molecular flexibility index (Phi) is 6.09. The van der Waals surface area contributed by atoms with Crippen LogP contribution < -0.4 is 15.0 Å². The van der Waals surface area contributed by atoms with Crippen LogP contribution in [0, 0.1) is 0 Å². The lowest BCUT2D eigenvalue weighted by molar-refractivity contribution is -0.118. The fraction of sp³-hybridized carbons (Fsp3) is 0.200. The zero-order valence-electron chi connectivity index (χ0n) is 16.7. The number of carbonyl (C=O) groups excluding carboxylic acids is 2. The first kappa shape index (κ1) is 19.7. The summed E-state index contributed by atoms with van der Waals surface area (Å²) in [7, 11) is 0. The van der Waals surface area contributed by atoms with Gasteiger partial charge in [-0.1, -0.05) is 36.4 Å². The predicted octanol–water partition coefficient (Wildman–Crippen LogP) is 4.69. The maximum atomic E-state index is 13.1. The van der Waals surface area contributed by atoms with Crippen molar-refractivity contribution in [3.05, 3.63) is 90.0 Å². The molecule has 0 aliphatic carbocycles. The first-order valence-corrected chi connectivity index (χ1v) is 10.2. The molecular weight excluding hydrogens is 376 g/mol. The van der Waals surface area contributed by atoms with E-state index in [0.29, 0.717) is 23.5 Å². The lowest BCUT2D eigenvalue weighted by atomic mass is 10.1. The van der Waals surface area contributed by atoms with Gasteiger partial charge in [0.1, 0.15) is 5.75 Å². The Bertz CT molecular complexity index is 1020. The molecule has 0 aromatic heterocycles. The van der Waals surface area contributed by atoms with E-state index in [1.54, 1.807) is 36.4 Å². The molecule has 4 rings (SSSR count). The second-order valence-corrected chi connectivity index (χ2v) is 7.27. The summed E-state index contributed by atoms with van der Waals surface area (Å²) in [5.74, 6) is 0.375. The average molecular weight is 400 g/mol. The minimum atomic E-state index is -0.251. The first-order chi connectivity index (χ1) is 14.7. The van der Waals surface area contributed by atoms with Crippen LogP contribution in [0.15, 0.2) is 78.9 Å². The molecule has 30 heavy (non-hydrogen) atoms. The zero-order valence-corrected chi connectivity index (χ0v) is 16.7. The molecule has 152 valence electrons. The topological polar surface area (TPSA) is 58.6 Å². The number of ether oxygens (including phenoxy) is 1. The van der Waals surface area contributed by atoms with Crippen LogP contribution in [0.4, 0.5) is 11.4 Å². The van der Waals surface area contributed by atoms with Crippen molar-refractivity contribution < 1.29 is 14.3 Å². The number of para-hydroxylation sites is 2. The number of nitrogens with one attached hydrogen (secondary N) is 1. The van der Waals surface area contributed by atoms with Gasteiger partial charge in [0.05, 0.1) is 0 Å². The van der Waals surface area contributed by atoms with E-state index in [4.69, 9.17) is 4.74 Å². The van der Waals surface area contributed by atoms with Crippen molar-refractivity contribution in [1.82, 2.24) is 0 Å².